The van der Waals surface area contributed by atoms with Crippen LogP contribution in [0.5, 0.6) is 5.75 Å². The fourth-order valence-corrected chi connectivity index (χ4v) is 2.44. The number of hydrogen-bond donors (Lipinski definition) is 2. The second kappa shape index (κ2) is 7.69. The number of rotatable bonds is 6. The number of fused-ring (bicyclic) bond motifs is 1. The molecule has 1 heterocycles. The summed E-state index contributed by atoms with van der Waals surface area (Å²) in [6, 6.07) is 13.1. The molecule has 1 aromatic heterocycles. The summed E-state index contributed by atoms with van der Waals surface area (Å²) >= 11 is 0. The fourth-order valence-electron chi connectivity index (χ4n) is 2.44. The number of nitrogens with one attached hydrogen (secondary N) is 2. The van der Waals surface area contributed by atoms with Crippen LogP contribution in [-0.4, -0.2) is 30.6 Å². The maximum atomic E-state index is 13.5. The summed E-state index contributed by atoms with van der Waals surface area (Å²) in [6.45, 7) is -0.429. The monoisotopic (exact) mass is 356 g/mol. The summed E-state index contributed by atoms with van der Waals surface area (Å²) in [6.07, 6.45) is 0. The molecule has 0 bridgehead atoms. The SMILES string of the molecule is COc1ccc2cc(C(=O)OCC(=O)NCc3ccccc3F)[nH]c2c1. The molecule has 0 aliphatic carbocycles. The highest BCUT2D eigenvalue weighted by Gasteiger charge is 2.13. The lowest BCUT2D eigenvalue weighted by Gasteiger charge is -2.06. The van der Waals surface area contributed by atoms with E-state index in [0.717, 1.165) is 10.9 Å². The van der Waals surface area contributed by atoms with Crippen LogP contribution < -0.4 is 10.1 Å². The van der Waals surface area contributed by atoms with E-state index in [0.29, 0.717) is 11.3 Å². The normalized spacial score (nSPS) is 10.5. The molecular formula is C19H17FN2O4. The van der Waals surface area contributed by atoms with Gasteiger partial charge in [-0.3, -0.25) is 4.79 Å². The van der Waals surface area contributed by atoms with Crippen LogP contribution in [0.15, 0.2) is 48.5 Å². The van der Waals surface area contributed by atoms with E-state index in [1.165, 1.54) is 6.07 Å². The first kappa shape index (κ1) is 17.5. The highest BCUT2D eigenvalue weighted by atomic mass is 19.1. The van der Waals surface area contributed by atoms with Gasteiger partial charge < -0.3 is 19.8 Å². The Morgan fingerprint density at radius 1 is 1.15 bits per heavy atom. The van der Waals surface area contributed by atoms with Crippen molar-refractivity contribution in [3.05, 3.63) is 65.6 Å². The number of H-pyrrole nitrogens is 1. The number of carbonyl (C=O) groups is 2. The average molecular weight is 356 g/mol. The van der Waals surface area contributed by atoms with E-state index in [2.05, 4.69) is 10.3 Å². The number of aromatic nitrogens is 1. The van der Waals surface area contributed by atoms with E-state index in [9.17, 15) is 14.0 Å². The molecule has 0 spiro atoms. The van der Waals surface area contributed by atoms with Crippen molar-refractivity contribution >= 4 is 22.8 Å². The molecule has 2 aromatic carbocycles. The molecule has 0 saturated heterocycles. The average Bonchev–Trinajstić information content (AvgIpc) is 3.08. The number of esters is 1. The Morgan fingerprint density at radius 3 is 2.73 bits per heavy atom. The molecule has 2 N–H and O–H groups in total. The van der Waals surface area contributed by atoms with E-state index in [-0.39, 0.29) is 12.2 Å². The van der Waals surface area contributed by atoms with Crippen molar-refractivity contribution in [3.63, 3.8) is 0 Å². The van der Waals surface area contributed by atoms with Crippen molar-refractivity contribution < 1.29 is 23.5 Å². The lowest BCUT2D eigenvalue weighted by atomic mass is 10.2. The molecule has 6 nitrogen and oxygen atoms in total. The minimum absolute atomic E-state index is 0.0231. The van der Waals surface area contributed by atoms with Gasteiger partial charge in [-0.25, -0.2) is 9.18 Å². The van der Waals surface area contributed by atoms with Crippen molar-refractivity contribution in [1.82, 2.24) is 10.3 Å². The number of aromatic amines is 1. The first-order valence-corrected chi connectivity index (χ1v) is 7.91. The third-order valence-electron chi connectivity index (χ3n) is 3.82. The quantitative estimate of drug-likeness (QED) is 0.666. The van der Waals surface area contributed by atoms with Crippen LogP contribution in [-0.2, 0) is 16.1 Å². The minimum Gasteiger partial charge on any atom is -0.497 e. The van der Waals surface area contributed by atoms with Crippen LogP contribution in [0.25, 0.3) is 10.9 Å². The number of carbonyl (C=O) groups excluding carboxylic acids is 2. The van der Waals surface area contributed by atoms with Gasteiger partial charge in [-0.05, 0) is 24.3 Å². The summed E-state index contributed by atoms with van der Waals surface area (Å²) in [5, 5.41) is 3.33. The van der Waals surface area contributed by atoms with Gasteiger partial charge in [0.25, 0.3) is 5.91 Å². The van der Waals surface area contributed by atoms with Crippen LogP contribution in [0.3, 0.4) is 0 Å². The molecule has 0 saturated carbocycles. The van der Waals surface area contributed by atoms with Crippen LogP contribution in [0.1, 0.15) is 16.1 Å². The van der Waals surface area contributed by atoms with E-state index in [4.69, 9.17) is 9.47 Å². The first-order valence-electron chi connectivity index (χ1n) is 7.91. The number of ether oxygens (including phenoxy) is 2. The Hall–Kier alpha value is -3.35. The predicted molar refractivity (Wildman–Crippen MR) is 93.4 cm³/mol. The lowest BCUT2D eigenvalue weighted by molar-refractivity contribution is -0.124. The number of hydrogen-bond acceptors (Lipinski definition) is 4. The molecule has 0 radical (unpaired) electrons. The van der Waals surface area contributed by atoms with Gasteiger partial charge in [0, 0.05) is 29.1 Å². The topological polar surface area (TPSA) is 80.4 Å². The zero-order valence-corrected chi connectivity index (χ0v) is 14.0. The van der Waals surface area contributed by atoms with Gasteiger partial charge in [0.1, 0.15) is 17.3 Å². The molecule has 0 aliphatic heterocycles. The Labute approximate surface area is 148 Å². The summed E-state index contributed by atoms with van der Waals surface area (Å²) in [5.41, 5.74) is 1.31. The van der Waals surface area contributed by atoms with Crippen LogP contribution in [0, 0.1) is 5.82 Å². The lowest BCUT2D eigenvalue weighted by Crippen LogP contribution is -2.28. The second-order valence-electron chi connectivity index (χ2n) is 5.58. The van der Waals surface area contributed by atoms with E-state index >= 15 is 0 Å². The largest absolute Gasteiger partial charge is 0.497 e. The molecular weight excluding hydrogens is 339 g/mol. The molecule has 0 fully saturated rings. The van der Waals surface area contributed by atoms with Gasteiger partial charge in [0.15, 0.2) is 6.61 Å². The third-order valence-corrected chi connectivity index (χ3v) is 3.82. The summed E-state index contributed by atoms with van der Waals surface area (Å²) in [7, 11) is 1.55. The Morgan fingerprint density at radius 2 is 1.96 bits per heavy atom. The van der Waals surface area contributed by atoms with Gasteiger partial charge >= 0.3 is 5.97 Å². The van der Waals surface area contributed by atoms with Gasteiger partial charge in [0.05, 0.1) is 7.11 Å². The van der Waals surface area contributed by atoms with Crippen molar-refractivity contribution in [1.29, 1.82) is 0 Å². The molecule has 0 unspecified atom stereocenters. The molecule has 0 aliphatic rings. The molecule has 1 amide bonds. The molecule has 26 heavy (non-hydrogen) atoms. The number of methoxy groups -OCH3 is 1. The zero-order chi connectivity index (χ0) is 18.5. The molecule has 7 heteroatoms. The van der Waals surface area contributed by atoms with Gasteiger partial charge in [-0.15, -0.1) is 0 Å². The van der Waals surface area contributed by atoms with Crippen LogP contribution in [0.2, 0.25) is 0 Å². The highest BCUT2D eigenvalue weighted by molar-refractivity contribution is 5.96. The number of amides is 1. The van der Waals surface area contributed by atoms with Crippen molar-refractivity contribution in [2.75, 3.05) is 13.7 Å². The molecule has 3 rings (SSSR count). The predicted octanol–water partition coefficient (Wildman–Crippen LogP) is 2.79. The molecule has 0 atom stereocenters. The van der Waals surface area contributed by atoms with E-state index in [1.807, 2.05) is 6.07 Å². The van der Waals surface area contributed by atoms with E-state index in [1.54, 1.807) is 43.5 Å². The maximum Gasteiger partial charge on any atom is 0.355 e. The van der Waals surface area contributed by atoms with Crippen molar-refractivity contribution in [2.24, 2.45) is 0 Å². The number of benzene rings is 2. The third kappa shape index (κ3) is 4.00. The van der Waals surface area contributed by atoms with Crippen LogP contribution in [0.4, 0.5) is 4.39 Å². The number of halogens is 1. The Bertz CT molecular complexity index is 952. The highest BCUT2D eigenvalue weighted by Crippen LogP contribution is 2.21. The van der Waals surface area contributed by atoms with Gasteiger partial charge in [-0.1, -0.05) is 18.2 Å². The molecule has 3 aromatic rings. The summed E-state index contributed by atoms with van der Waals surface area (Å²) < 4.78 is 23.6. The first-order chi connectivity index (χ1) is 12.6. The summed E-state index contributed by atoms with van der Waals surface area (Å²) in [4.78, 5) is 26.8. The Kier molecular flexibility index (Phi) is 5.17. The van der Waals surface area contributed by atoms with E-state index < -0.39 is 24.3 Å². The summed E-state index contributed by atoms with van der Waals surface area (Å²) in [5.74, 6) is -0.911. The zero-order valence-electron chi connectivity index (χ0n) is 14.0. The van der Waals surface area contributed by atoms with Gasteiger partial charge in [-0.2, -0.15) is 0 Å². The minimum atomic E-state index is -0.652. The second-order valence-corrected chi connectivity index (χ2v) is 5.58. The van der Waals surface area contributed by atoms with Crippen LogP contribution >= 0.6 is 0 Å². The van der Waals surface area contributed by atoms with Crippen molar-refractivity contribution in [2.45, 2.75) is 6.54 Å². The molecule has 134 valence electrons. The Balaban J connectivity index is 1.55. The fraction of sp³-hybridized carbons (Fsp3) is 0.158. The standard InChI is InChI=1S/C19H17FN2O4/c1-25-14-7-6-12-8-17(22-16(12)9-14)19(24)26-11-18(23)21-10-13-4-2-3-5-15(13)20/h2-9,22H,10-11H2,1H3,(H,21,23). The van der Waals surface area contributed by atoms with Crippen molar-refractivity contribution in [3.8, 4) is 5.75 Å². The maximum absolute atomic E-state index is 13.5. The van der Waals surface area contributed by atoms with Gasteiger partial charge in [0.2, 0.25) is 0 Å². The smallest absolute Gasteiger partial charge is 0.355 e.